The van der Waals surface area contributed by atoms with Crippen LogP contribution in [-0.2, 0) is 20.6 Å². The molecule has 4 atom stereocenters. The number of amides is 3. The third kappa shape index (κ3) is 3.94. The summed E-state index contributed by atoms with van der Waals surface area (Å²) in [4.78, 5) is 44.6. The Labute approximate surface area is 231 Å². The highest BCUT2D eigenvalue weighted by molar-refractivity contribution is 6.24. The minimum atomic E-state index is -4.60. The molecule has 0 bridgehead atoms. The van der Waals surface area contributed by atoms with Gasteiger partial charge in [0.25, 0.3) is 0 Å². The van der Waals surface area contributed by atoms with Gasteiger partial charge >= 0.3 is 6.18 Å². The molecule has 41 heavy (non-hydrogen) atoms. The predicted molar refractivity (Wildman–Crippen MR) is 141 cm³/mol. The van der Waals surface area contributed by atoms with E-state index in [9.17, 15) is 27.6 Å². The highest BCUT2D eigenvalue weighted by Gasteiger charge is 2.64. The van der Waals surface area contributed by atoms with Crippen LogP contribution in [0.4, 0.5) is 24.5 Å². The van der Waals surface area contributed by atoms with E-state index in [0.29, 0.717) is 30.4 Å². The lowest BCUT2D eigenvalue weighted by atomic mass is 9.84. The van der Waals surface area contributed by atoms with E-state index in [-0.39, 0.29) is 5.69 Å². The Morgan fingerprint density at radius 2 is 1.63 bits per heavy atom. The summed E-state index contributed by atoms with van der Waals surface area (Å²) in [6, 6.07) is 14.7. The molecular weight excluding hydrogens is 539 g/mol. The second kappa shape index (κ2) is 9.12. The van der Waals surface area contributed by atoms with Crippen LogP contribution in [0.1, 0.15) is 22.7 Å². The standard InChI is InChI=1S/C30H22F3N3O5/c31-30(32,33)17-5-3-6-18(14-17)34-27(37)26-24-23(25-20-7-2-1-4-16(20)10-11-35(25)26)28(38)36(29(24)39)19-8-9-21-22(15-19)41-13-12-40-21/h1-11,14-15,23-26H,12-13H2,(H,34,37)/t23-,24+,25-,26-/m0/s1. The summed E-state index contributed by atoms with van der Waals surface area (Å²) in [7, 11) is 0. The number of carbonyl (C=O) groups is 3. The first-order valence-electron chi connectivity index (χ1n) is 13.0. The SMILES string of the molecule is O=C(Nc1cccc(C(F)(F)F)c1)[C@@H]1[C@@H]2C(=O)N(c3ccc4c(c3)OCCO4)C(=O)[C@@H]2[C@@H]2c3ccccc3C=CN12. The van der Waals surface area contributed by atoms with Crippen molar-refractivity contribution in [2.75, 3.05) is 23.4 Å². The van der Waals surface area contributed by atoms with Crippen LogP contribution in [0.2, 0.25) is 0 Å². The van der Waals surface area contributed by atoms with Gasteiger partial charge < -0.3 is 19.7 Å². The molecule has 7 rings (SSSR count). The van der Waals surface area contributed by atoms with Crippen LogP contribution in [0.25, 0.3) is 6.08 Å². The Kier molecular flexibility index (Phi) is 5.60. The number of carbonyl (C=O) groups excluding carboxylic acids is 3. The number of rotatable bonds is 3. The molecule has 2 fully saturated rings. The summed E-state index contributed by atoms with van der Waals surface area (Å²) in [5.41, 5.74) is 0.948. The van der Waals surface area contributed by atoms with E-state index < -0.39 is 53.4 Å². The maximum Gasteiger partial charge on any atom is 0.416 e. The first-order chi connectivity index (χ1) is 19.7. The van der Waals surface area contributed by atoms with Gasteiger partial charge in [0.15, 0.2) is 11.5 Å². The highest BCUT2D eigenvalue weighted by atomic mass is 19.4. The number of nitrogens with one attached hydrogen (secondary N) is 1. The van der Waals surface area contributed by atoms with Crippen LogP contribution in [-0.4, -0.2) is 41.9 Å². The summed E-state index contributed by atoms with van der Waals surface area (Å²) in [6.45, 7) is 0.701. The normalized spacial score (nSPS) is 24.2. The van der Waals surface area contributed by atoms with Gasteiger partial charge in [-0.05, 0) is 47.5 Å². The van der Waals surface area contributed by atoms with E-state index in [0.717, 1.165) is 28.2 Å². The molecular formula is C30H22F3N3O5. The van der Waals surface area contributed by atoms with E-state index in [1.807, 2.05) is 24.3 Å². The minimum absolute atomic E-state index is 0.0633. The summed E-state index contributed by atoms with van der Waals surface area (Å²) in [6.07, 6.45) is -1.12. The molecule has 1 N–H and O–H groups in total. The van der Waals surface area contributed by atoms with Crippen molar-refractivity contribution in [3.8, 4) is 11.5 Å². The fraction of sp³-hybridized carbons (Fsp3) is 0.233. The smallest absolute Gasteiger partial charge is 0.416 e. The van der Waals surface area contributed by atoms with E-state index >= 15 is 0 Å². The Bertz CT molecular complexity index is 1640. The predicted octanol–water partition coefficient (Wildman–Crippen LogP) is 4.63. The van der Waals surface area contributed by atoms with E-state index in [1.165, 1.54) is 12.1 Å². The number of nitrogens with zero attached hydrogens (tertiary/aromatic N) is 2. The third-order valence-electron chi connectivity index (χ3n) is 7.97. The largest absolute Gasteiger partial charge is 0.486 e. The average Bonchev–Trinajstić information content (AvgIpc) is 3.44. The quantitative estimate of drug-likeness (QED) is 0.470. The summed E-state index contributed by atoms with van der Waals surface area (Å²) in [5.74, 6) is -2.81. The van der Waals surface area contributed by atoms with Gasteiger partial charge in [0, 0.05) is 18.0 Å². The number of alkyl halides is 3. The molecule has 208 valence electrons. The first-order valence-corrected chi connectivity index (χ1v) is 13.0. The average molecular weight is 562 g/mol. The monoisotopic (exact) mass is 561 g/mol. The molecule has 3 aromatic rings. The van der Waals surface area contributed by atoms with Crippen molar-refractivity contribution in [1.29, 1.82) is 0 Å². The van der Waals surface area contributed by atoms with Crippen molar-refractivity contribution in [2.45, 2.75) is 18.3 Å². The number of imide groups is 1. The number of hydrogen-bond acceptors (Lipinski definition) is 6. The van der Waals surface area contributed by atoms with Crippen molar-refractivity contribution in [3.05, 3.63) is 89.6 Å². The number of fused-ring (bicyclic) bond motifs is 6. The van der Waals surface area contributed by atoms with E-state index in [2.05, 4.69) is 5.32 Å². The van der Waals surface area contributed by atoms with Crippen molar-refractivity contribution < 1.29 is 37.0 Å². The van der Waals surface area contributed by atoms with Crippen molar-refractivity contribution in [2.24, 2.45) is 11.8 Å². The maximum atomic E-state index is 14.0. The van der Waals surface area contributed by atoms with Crippen LogP contribution in [0.3, 0.4) is 0 Å². The second-order valence-corrected chi connectivity index (χ2v) is 10.2. The number of ether oxygens (including phenoxy) is 2. The first kappa shape index (κ1) is 25.2. The van der Waals surface area contributed by atoms with Crippen LogP contribution < -0.4 is 19.7 Å². The summed E-state index contributed by atoms with van der Waals surface area (Å²) >= 11 is 0. The van der Waals surface area contributed by atoms with Crippen LogP contribution in [0.5, 0.6) is 11.5 Å². The van der Waals surface area contributed by atoms with Gasteiger partial charge in [0.1, 0.15) is 19.3 Å². The molecule has 2 saturated heterocycles. The number of anilines is 2. The number of halogens is 3. The molecule has 0 aromatic heterocycles. The zero-order chi connectivity index (χ0) is 28.5. The van der Waals surface area contributed by atoms with Crippen LogP contribution >= 0.6 is 0 Å². The number of hydrogen-bond donors (Lipinski definition) is 1. The van der Waals surface area contributed by atoms with Gasteiger partial charge in [-0.25, -0.2) is 4.90 Å². The van der Waals surface area contributed by atoms with Crippen molar-refractivity contribution >= 4 is 35.2 Å². The molecule has 11 heteroatoms. The molecule has 4 aliphatic heterocycles. The van der Waals surface area contributed by atoms with Gasteiger partial charge in [-0.2, -0.15) is 13.2 Å². The van der Waals surface area contributed by atoms with Crippen LogP contribution in [0, 0.1) is 11.8 Å². The summed E-state index contributed by atoms with van der Waals surface area (Å²) < 4.78 is 51.1. The van der Waals surface area contributed by atoms with Gasteiger partial charge in [0.2, 0.25) is 17.7 Å². The lowest BCUT2D eigenvalue weighted by Crippen LogP contribution is -2.46. The van der Waals surface area contributed by atoms with Gasteiger partial charge in [0.05, 0.1) is 29.1 Å². The van der Waals surface area contributed by atoms with Gasteiger partial charge in [-0.1, -0.05) is 30.3 Å². The van der Waals surface area contributed by atoms with Gasteiger partial charge in [-0.15, -0.1) is 0 Å². The number of benzene rings is 3. The fourth-order valence-corrected chi connectivity index (χ4v) is 6.27. The molecule has 0 aliphatic carbocycles. The molecule has 3 amide bonds. The molecule has 0 saturated carbocycles. The van der Waals surface area contributed by atoms with Crippen LogP contribution in [0.15, 0.2) is 72.9 Å². The topological polar surface area (TPSA) is 88.2 Å². The van der Waals surface area contributed by atoms with E-state index in [1.54, 1.807) is 35.4 Å². The Hall–Kier alpha value is -4.80. The lowest BCUT2D eigenvalue weighted by Gasteiger charge is -2.35. The third-order valence-corrected chi connectivity index (χ3v) is 7.97. The zero-order valence-electron chi connectivity index (χ0n) is 21.3. The van der Waals surface area contributed by atoms with Gasteiger partial charge in [-0.3, -0.25) is 14.4 Å². The molecule has 0 radical (unpaired) electrons. The fourth-order valence-electron chi connectivity index (χ4n) is 6.27. The van der Waals surface area contributed by atoms with Crippen molar-refractivity contribution in [1.82, 2.24) is 4.90 Å². The Balaban J connectivity index is 1.28. The maximum absolute atomic E-state index is 14.0. The molecule has 4 heterocycles. The molecule has 0 unspecified atom stereocenters. The Morgan fingerprint density at radius 1 is 0.878 bits per heavy atom. The Morgan fingerprint density at radius 3 is 2.44 bits per heavy atom. The lowest BCUT2D eigenvalue weighted by molar-refractivity contribution is -0.137. The molecule has 4 aliphatic rings. The molecule has 3 aromatic carbocycles. The van der Waals surface area contributed by atoms with E-state index in [4.69, 9.17) is 9.47 Å². The minimum Gasteiger partial charge on any atom is -0.486 e. The molecule has 0 spiro atoms. The van der Waals surface area contributed by atoms with Crippen molar-refractivity contribution in [3.63, 3.8) is 0 Å². The molecule has 8 nitrogen and oxygen atoms in total. The highest BCUT2D eigenvalue weighted by Crippen LogP contribution is 2.53. The zero-order valence-corrected chi connectivity index (χ0v) is 21.3. The second-order valence-electron chi connectivity index (χ2n) is 10.2. The summed E-state index contributed by atoms with van der Waals surface area (Å²) in [5, 5.41) is 2.56.